The van der Waals surface area contributed by atoms with Crippen LogP contribution < -0.4 is 5.32 Å². The van der Waals surface area contributed by atoms with Crippen molar-refractivity contribution in [3.63, 3.8) is 0 Å². The minimum atomic E-state index is -0.356. The molecule has 1 unspecified atom stereocenters. The molecule has 2 aromatic rings. The summed E-state index contributed by atoms with van der Waals surface area (Å²) in [5, 5.41) is 12.4. The molecule has 3 heterocycles. The number of aromatic nitrogens is 3. The highest BCUT2D eigenvalue weighted by atomic mass is 35.5. The Morgan fingerprint density at radius 2 is 2.14 bits per heavy atom. The van der Waals surface area contributed by atoms with Crippen molar-refractivity contribution < 1.29 is 4.79 Å². The lowest BCUT2D eigenvalue weighted by atomic mass is 9.84. The lowest BCUT2D eigenvalue weighted by molar-refractivity contribution is -0.122. The Balaban J connectivity index is 1.59. The van der Waals surface area contributed by atoms with Gasteiger partial charge in [-0.2, -0.15) is 0 Å². The van der Waals surface area contributed by atoms with E-state index < -0.39 is 0 Å². The topological polar surface area (TPSA) is 59.3 Å². The van der Waals surface area contributed by atoms with E-state index in [4.69, 9.17) is 11.6 Å². The molecule has 0 radical (unpaired) electrons. The van der Waals surface area contributed by atoms with Gasteiger partial charge in [0.2, 0.25) is 0 Å². The second kappa shape index (κ2) is 4.77. The van der Waals surface area contributed by atoms with Gasteiger partial charge < -0.3 is 5.32 Å². The van der Waals surface area contributed by atoms with Crippen LogP contribution in [0.2, 0.25) is 5.02 Å². The maximum absolute atomic E-state index is 12.6. The average molecular weight is 319 g/mol. The summed E-state index contributed by atoms with van der Waals surface area (Å²) in [5.74, 6) is 2.53. The predicted molar refractivity (Wildman–Crippen MR) is 84.0 cm³/mol. The van der Waals surface area contributed by atoms with Gasteiger partial charge >= 0.3 is 0 Å². The Morgan fingerprint density at radius 1 is 1.41 bits per heavy atom. The van der Waals surface area contributed by atoms with Crippen LogP contribution >= 0.6 is 11.6 Å². The monoisotopic (exact) mass is 318 g/mol. The fourth-order valence-electron chi connectivity index (χ4n) is 3.87. The van der Waals surface area contributed by atoms with Crippen molar-refractivity contribution in [2.24, 2.45) is 17.8 Å². The number of Topliss-reactive ketones (excluding diaryl/α,β-unsaturated/α-hetero) is 1. The molecule has 2 aromatic heterocycles. The summed E-state index contributed by atoms with van der Waals surface area (Å²) in [6, 6.07) is 3.67. The number of piperidine rings is 1. The third kappa shape index (κ3) is 2.07. The summed E-state index contributed by atoms with van der Waals surface area (Å²) in [6.07, 6.45) is 2.40. The van der Waals surface area contributed by atoms with Crippen LogP contribution in [-0.2, 0) is 10.2 Å². The summed E-state index contributed by atoms with van der Waals surface area (Å²) in [6.45, 7) is 6.09. The third-order valence-electron chi connectivity index (χ3n) is 5.07. The van der Waals surface area contributed by atoms with Crippen molar-refractivity contribution in [3.05, 3.63) is 29.2 Å². The molecule has 1 saturated heterocycles. The molecule has 4 rings (SSSR count). The standard InChI is InChI=1S/C16H19ClN4O/c1-16(2,6-12(22)13-9-7-18-8-10(9)13)15-20-19-14-11(17)4-3-5-21(14)15/h3-5,9-10,13,18H,6-8H2,1-2H3/t9-,10+,13?. The molecule has 2 fully saturated rings. The van der Waals surface area contributed by atoms with Gasteiger partial charge in [-0.3, -0.25) is 9.20 Å². The van der Waals surface area contributed by atoms with Crippen molar-refractivity contribution in [1.82, 2.24) is 19.9 Å². The van der Waals surface area contributed by atoms with Crippen molar-refractivity contribution in [2.75, 3.05) is 13.1 Å². The van der Waals surface area contributed by atoms with Gasteiger partial charge in [0, 0.05) is 24.0 Å². The van der Waals surface area contributed by atoms with E-state index >= 15 is 0 Å². The first-order valence-corrected chi connectivity index (χ1v) is 8.10. The Labute approximate surface area is 134 Å². The van der Waals surface area contributed by atoms with Crippen LogP contribution in [0.5, 0.6) is 0 Å². The van der Waals surface area contributed by atoms with E-state index in [0.717, 1.165) is 18.9 Å². The lowest BCUT2D eigenvalue weighted by Crippen LogP contribution is -2.28. The van der Waals surface area contributed by atoms with E-state index in [1.165, 1.54) is 0 Å². The molecule has 0 aromatic carbocycles. The molecule has 116 valence electrons. The number of fused-ring (bicyclic) bond motifs is 2. The Hall–Kier alpha value is -1.46. The predicted octanol–water partition coefficient (Wildman–Crippen LogP) is 2.08. The Kier molecular flexibility index (Phi) is 3.07. The normalized spacial score (nSPS) is 27.1. The zero-order valence-corrected chi connectivity index (χ0v) is 13.5. The van der Waals surface area contributed by atoms with Crippen molar-refractivity contribution in [1.29, 1.82) is 0 Å². The van der Waals surface area contributed by atoms with E-state index in [0.29, 0.717) is 34.7 Å². The van der Waals surface area contributed by atoms with Crippen LogP contribution in [0.1, 0.15) is 26.1 Å². The fourth-order valence-corrected chi connectivity index (χ4v) is 4.07. The molecule has 1 N–H and O–H groups in total. The molecular weight excluding hydrogens is 300 g/mol. The Bertz CT molecular complexity index is 744. The van der Waals surface area contributed by atoms with Crippen molar-refractivity contribution in [2.45, 2.75) is 25.7 Å². The van der Waals surface area contributed by atoms with Gasteiger partial charge in [-0.1, -0.05) is 25.4 Å². The van der Waals surface area contributed by atoms with Crippen molar-refractivity contribution >= 4 is 23.0 Å². The smallest absolute Gasteiger partial charge is 0.179 e. The minimum Gasteiger partial charge on any atom is -0.316 e. The van der Waals surface area contributed by atoms with Crippen LogP contribution in [0, 0.1) is 17.8 Å². The molecule has 0 amide bonds. The number of hydrogen-bond donors (Lipinski definition) is 1. The van der Waals surface area contributed by atoms with Crippen LogP contribution in [-0.4, -0.2) is 33.5 Å². The Morgan fingerprint density at radius 3 is 2.86 bits per heavy atom. The molecule has 0 bridgehead atoms. The van der Waals surface area contributed by atoms with Crippen LogP contribution in [0.3, 0.4) is 0 Å². The molecule has 1 aliphatic carbocycles. The van der Waals surface area contributed by atoms with Gasteiger partial charge in [0.25, 0.3) is 0 Å². The maximum Gasteiger partial charge on any atom is 0.179 e. The maximum atomic E-state index is 12.6. The van der Waals surface area contributed by atoms with Crippen LogP contribution in [0.25, 0.3) is 5.65 Å². The molecule has 2 aliphatic rings. The molecule has 3 atom stereocenters. The van der Waals surface area contributed by atoms with Gasteiger partial charge in [-0.15, -0.1) is 10.2 Å². The summed E-state index contributed by atoms with van der Waals surface area (Å²) in [4.78, 5) is 12.6. The third-order valence-corrected chi connectivity index (χ3v) is 5.37. The highest BCUT2D eigenvalue weighted by Crippen LogP contribution is 2.50. The number of nitrogens with zero attached hydrogens (tertiary/aromatic N) is 3. The zero-order valence-electron chi connectivity index (χ0n) is 12.7. The van der Waals surface area contributed by atoms with Gasteiger partial charge in [-0.05, 0) is 37.1 Å². The molecule has 5 nitrogen and oxygen atoms in total. The number of halogens is 1. The van der Waals surface area contributed by atoms with E-state index in [-0.39, 0.29) is 11.3 Å². The molecule has 1 aliphatic heterocycles. The molecule has 6 heteroatoms. The van der Waals surface area contributed by atoms with E-state index in [2.05, 4.69) is 29.4 Å². The number of hydrogen-bond acceptors (Lipinski definition) is 4. The van der Waals surface area contributed by atoms with Gasteiger partial charge in [0.15, 0.2) is 5.65 Å². The SMILES string of the molecule is CC(C)(CC(=O)C1[C@H]2CNC[C@@H]12)c1nnc2c(Cl)cccn12. The van der Waals surface area contributed by atoms with E-state index in [1.54, 1.807) is 6.07 Å². The van der Waals surface area contributed by atoms with Gasteiger partial charge in [0.05, 0.1) is 5.02 Å². The summed E-state index contributed by atoms with van der Waals surface area (Å²) in [5.41, 5.74) is 0.290. The van der Waals surface area contributed by atoms with E-state index in [1.807, 2.05) is 16.7 Å². The summed E-state index contributed by atoms with van der Waals surface area (Å²) < 4.78 is 1.89. The van der Waals surface area contributed by atoms with Crippen molar-refractivity contribution in [3.8, 4) is 0 Å². The summed E-state index contributed by atoms with van der Waals surface area (Å²) in [7, 11) is 0. The number of pyridine rings is 1. The highest BCUT2D eigenvalue weighted by Gasteiger charge is 2.56. The second-order valence-corrected chi connectivity index (χ2v) is 7.52. The quantitative estimate of drug-likeness (QED) is 0.937. The largest absolute Gasteiger partial charge is 0.316 e. The first-order valence-electron chi connectivity index (χ1n) is 7.72. The number of carbonyl (C=O) groups excluding carboxylic acids is 1. The number of rotatable bonds is 4. The number of nitrogens with one attached hydrogen (secondary N) is 1. The van der Waals surface area contributed by atoms with E-state index in [9.17, 15) is 4.79 Å². The minimum absolute atomic E-state index is 0.253. The first-order chi connectivity index (χ1) is 10.5. The molecule has 1 saturated carbocycles. The zero-order chi connectivity index (χ0) is 15.5. The first kappa shape index (κ1) is 14.2. The van der Waals surface area contributed by atoms with Gasteiger partial charge in [-0.25, -0.2) is 0 Å². The highest BCUT2D eigenvalue weighted by molar-refractivity contribution is 6.33. The average Bonchev–Trinajstić information content (AvgIpc) is 2.85. The molecule has 22 heavy (non-hydrogen) atoms. The number of carbonyl (C=O) groups is 1. The lowest BCUT2D eigenvalue weighted by Gasteiger charge is -2.22. The summed E-state index contributed by atoms with van der Waals surface area (Å²) >= 11 is 6.15. The van der Waals surface area contributed by atoms with Crippen LogP contribution in [0.4, 0.5) is 0 Å². The molecular formula is C16H19ClN4O. The van der Waals surface area contributed by atoms with Crippen LogP contribution in [0.15, 0.2) is 18.3 Å². The number of ketones is 1. The second-order valence-electron chi connectivity index (χ2n) is 7.11. The fraction of sp³-hybridized carbons (Fsp3) is 0.562. The van der Waals surface area contributed by atoms with Gasteiger partial charge in [0.1, 0.15) is 11.6 Å². The molecule has 0 spiro atoms.